The van der Waals surface area contributed by atoms with Crippen molar-refractivity contribution in [3.8, 4) is 0 Å². The van der Waals surface area contributed by atoms with Gasteiger partial charge in [-0.3, -0.25) is 9.59 Å². The first kappa shape index (κ1) is 10.9. The summed E-state index contributed by atoms with van der Waals surface area (Å²) in [4.78, 5) is 26.5. The van der Waals surface area contributed by atoms with Crippen LogP contribution in [0, 0.1) is 0 Å². The Morgan fingerprint density at radius 1 is 1.75 bits per heavy atom. The monoisotopic (exact) mass is 240 g/mol. The number of thiazole rings is 1. The summed E-state index contributed by atoms with van der Waals surface area (Å²) in [6.45, 7) is 0.504. The number of nitrogens with zero attached hydrogens (tertiary/aromatic N) is 1. The van der Waals surface area contributed by atoms with Crippen molar-refractivity contribution in [2.75, 3.05) is 12.3 Å². The van der Waals surface area contributed by atoms with Crippen molar-refractivity contribution >= 4 is 28.3 Å². The van der Waals surface area contributed by atoms with Crippen LogP contribution in [0.5, 0.6) is 0 Å². The maximum atomic E-state index is 11.6. The second kappa shape index (κ2) is 4.48. The minimum Gasteiger partial charge on any atom is -0.375 e. The molecule has 7 heteroatoms. The molecule has 6 nitrogen and oxygen atoms in total. The molecule has 1 saturated heterocycles. The van der Waals surface area contributed by atoms with Gasteiger partial charge < -0.3 is 16.4 Å². The molecule has 86 valence electrons. The maximum absolute atomic E-state index is 11.6. The van der Waals surface area contributed by atoms with Crippen LogP contribution in [0.4, 0.5) is 5.13 Å². The Labute approximate surface area is 96.2 Å². The summed E-state index contributed by atoms with van der Waals surface area (Å²) < 4.78 is 0. The maximum Gasteiger partial charge on any atom is 0.226 e. The molecule has 1 aliphatic heterocycles. The normalized spacial score (nSPS) is 19.5. The molecule has 0 aromatic carbocycles. The molecule has 16 heavy (non-hydrogen) atoms. The van der Waals surface area contributed by atoms with E-state index in [1.807, 2.05) is 0 Å². The van der Waals surface area contributed by atoms with Gasteiger partial charge in [0.25, 0.3) is 0 Å². The van der Waals surface area contributed by atoms with Gasteiger partial charge in [-0.05, 0) is 0 Å². The van der Waals surface area contributed by atoms with E-state index in [4.69, 9.17) is 5.73 Å². The highest BCUT2D eigenvalue weighted by atomic mass is 32.1. The van der Waals surface area contributed by atoms with Gasteiger partial charge >= 0.3 is 0 Å². The molecule has 0 saturated carbocycles. The summed E-state index contributed by atoms with van der Waals surface area (Å²) in [7, 11) is 0. The molecule has 2 heterocycles. The molecule has 1 fully saturated rings. The van der Waals surface area contributed by atoms with E-state index in [1.54, 1.807) is 5.38 Å². The van der Waals surface area contributed by atoms with Crippen LogP contribution in [0.3, 0.4) is 0 Å². The molecule has 4 N–H and O–H groups in total. The first-order valence-electron chi connectivity index (χ1n) is 4.89. The van der Waals surface area contributed by atoms with Crippen LogP contribution >= 0.6 is 11.3 Å². The lowest BCUT2D eigenvalue weighted by atomic mass is 10.2. The minimum atomic E-state index is -0.133. The fraction of sp³-hybridized carbons (Fsp3) is 0.444. The third kappa shape index (κ3) is 2.69. The van der Waals surface area contributed by atoms with Crippen molar-refractivity contribution in [3.63, 3.8) is 0 Å². The van der Waals surface area contributed by atoms with Crippen LogP contribution in [-0.2, 0) is 16.0 Å². The van der Waals surface area contributed by atoms with Gasteiger partial charge in [-0.2, -0.15) is 0 Å². The van der Waals surface area contributed by atoms with Crippen molar-refractivity contribution in [2.24, 2.45) is 0 Å². The fourth-order valence-electron chi connectivity index (χ4n) is 1.55. The Bertz CT molecular complexity index is 417. The standard InChI is InChI=1S/C9H12N4O2S/c10-9-13-6(4-16-9)2-8(15)12-5-1-7(14)11-3-5/h4-5H,1-3H2,(H2,10,13)(H,11,14)(H,12,15). The number of rotatable bonds is 3. The molecule has 0 aliphatic carbocycles. The second-order valence-electron chi connectivity index (χ2n) is 3.63. The highest BCUT2D eigenvalue weighted by molar-refractivity contribution is 7.13. The van der Waals surface area contributed by atoms with E-state index in [1.165, 1.54) is 11.3 Å². The predicted molar refractivity (Wildman–Crippen MR) is 59.8 cm³/mol. The van der Waals surface area contributed by atoms with Gasteiger partial charge in [0.1, 0.15) is 0 Å². The molecule has 2 rings (SSSR count). The number of anilines is 1. The van der Waals surface area contributed by atoms with Gasteiger partial charge in [-0.1, -0.05) is 0 Å². The van der Waals surface area contributed by atoms with Crippen LogP contribution in [0.1, 0.15) is 12.1 Å². The highest BCUT2D eigenvalue weighted by Gasteiger charge is 2.22. The lowest BCUT2D eigenvalue weighted by molar-refractivity contribution is -0.121. The Hall–Kier alpha value is -1.63. The van der Waals surface area contributed by atoms with Gasteiger partial charge in [0.05, 0.1) is 18.2 Å². The summed E-state index contributed by atoms with van der Waals surface area (Å²) in [6, 6.07) is -0.101. The van der Waals surface area contributed by atoms with Crippen molar-refractivity contribution in [3.05, 3.63) is 11.1 Å². The van der Waals surface area contributed by atoms with E-state index in [0.29, 0.717) is 23.8 Å². The lowest BCUT2D eigenvalue weighted by Crippen LogP contribution is -2.37. The van der Waals surface area contributed by atoms with Gasteiger partial charge in [0, 0.05) is 18.3 Å². The Balaban J connectivity index is 1.82. The van der Waals surface area contributed by atoms with Gasteiger partial charge in [0.2, 0.25) is 11.8 Å². The van der Waals surface area contributed by atoms with Crippen LogP contribution < -0.4 is 16.4 Å². The molecule has 1 atom stereocenters. The SMILES string of the molecule is Nc1nc(CC(=O)NC2CNC(=O)C2)cs1. The van der Waals surface area contributed by atoms with Crippen LogP contribution in [0.25, 0.3) is 0 Å². The number of amides is 2. The Morgan fingerprint density at radius 3 is 3.12 bits per heavy atom. The van der Waals surface area contributed by atoms with Crippen LogP contribution in [0.2, 0.25) is 0 Å². The third-order valence-electron chi connectivity index (χ3n) is 2.25. The van der Waals surface area contributed by atoms with Crippen molar-refractivity contribution in [1.82, 2.24) is 15.6 Å². The summed E-state index contributed by atoms with van der Waals surface area (Å²) >= 11 is 1.31. The number of carbonyl (C=O) groups excluding carboxylic acids is 2. The average molecular weight is 240 g/mol. The summed E-state index contributed by atoms with van der Waals surface area (Å²) in [5, 5.41) is 7.64. The van der Waals surface area contributed by atoms with Crippen molar-refractivity contribution in [2.45, 2.75) is 18.9 Å². The molecule has 0 radical (unpaired) electrons. The predicted octanol–water partition coefficient (Wildman–Crippen LogP) is -0.727. The molecule has 1 aliphatic rings. The number of aromatic nitrogens is 1. The fourth-order valence-corrected chi connectivity index (χ4v) is 2.12. The van der Waals surface area contributed by atoms with Crippen LogP contribution in [-0.4, -0.2) is 29.4 Å². The minimum absolute atomic E-state index is 0.0248. The first-order chi connectivity index (χ1) is 7.63. The Kier molecular flexibility index (Phi) is 3.04. The van der Waals surface area contributed by atoms with E-state index in [-0.39, 0.29) is 24.3 Å². The van der Waals surface area contributed by atoms with Gasteiger partial charge in [-0.25, -0.2) is 4.98 Å². The molecule has 2 amide bonds. The topological polar surface area (TPSA) is 97.1 Å². The molecule has 0 spiro atoms. The van der Waals surface area contributed by atoms with E-state index in [2.05, 4.69) is 15.6 Å². The molecular weight excluding hydrogens is 228 g/mol. The molecule has 1 aromatic rings. The zero-order chi connectivity index (χ0) is 11.5. The number of carbonyl (C=O) groups is 2. The molecule has 0 bridgehead atoms. The lowest BCUT2D eigenvalue weighted by Gasteiger charge is -2.08. The quantitative estimate of drug-likeness (QED) is 0.649. The number of hydrogen-bond donors (Lipinski definition) is 3. The zero-order valence-corrected chi connectivity index (χ0v) is 9.34. The summed E-state index contributed by atoms with van der Waals surface area (Å²) in [5.41, 5.74) is 6.12. The Morgan fingerprint density at radius 2 is 2.56 bits per heavy atom. The number of nitrogens with two attached hydrogens (primary N) is 1. The number of hydrogen-bond acceptors (Lipinski definition) is 5. The largest absolute Gasteiger partial charge is 0.375 e. The van der Waals surface area contributed by atoms with E-state index >= 15 is 0 Å². The number of nitrogen functional groups attached to an aromatic ring is 1. The zero-order valence-electron chi connectivity index (χ0n) is 8.53. The smallest absolute Gasteiger partial charge is 0.226 e. The van der Waals surface area contributed by atoms with Crippen LogP contribution in [0.15, 0.2) is 5.38 Å². The first-order valence-corrected chi connectivity index (χ1v) is 5.77. The molecule has 1 aromatic heterocycles. The van der Waals surface area contributed by atoms with Crippen molar-refractivity contribution < 1.29 is 9.59 Å². The average Bonchev–Trinajstić information content (AvgIpc) is 2.76. The highest BCUT2D eigenvalue weighted by Crippen LogP contribution is 2.11. The summed E-state index contributed by atoms with van der Waals surface area (Å²) in [6.07, 6.45) is 0.559. The molecular formula is C9H12N4O2S. The molecule has 1 unspecified atom stereocenters. The van der Waals surface area contributed by atoms with E-state index in [9.17, 15) is 9.59 Å². The second-order valence-corrected chi connectivity index (χ2v) is 4.52. The van der Waals surface area contributed by atoms with E-state index in [0.717, 1.165) is 0 Å². The van der Waals surface area contributed by atoms with Gasteiger partial charge in [-0.15, -0.1) is 11.3 Å². The third-order valence-corrected chi connectivity index (χ3v) is 2.98. The van der Waals surface area contributed by atoms with E-state index < -0.39 is 0 Å². The van der Waals surface area contributed by atoms with Gasteiger partial charge in [0.15, 0.2) is 5.13 Å². The summed E-state index contributed by atoms with van der Waals surface area (Å²) in [5.74, 6) is -0.157. The van der Waals surface area contributed by atoms with Crippen molar-refractivity contribution in [1.29, 1.82) is 0 Å². The number of nitrogens with one attached hydrogen (secondary N) is 2.